The Balaban J connectivity index is 4.83. The second-order valence-corrected chi connectivity index (χ2v) is 9.96. The molecule has 0 aliphatic rings. The number of hydrogen-bond acceptors (Lipinski definition) is 10. The number of unbranched alkanes of at least 4 members (excludes halogenated alkanes) is 4. The standard InChI is InChI=1S/C26H46NO10/c1-7-9-11-13-23(29)33-17-22(18-34-24(30)14-12-10-8-2)37-26(32)19-35-25(31)15-21(36-20(3)28)16-27(4,5)6/h21-22H,7-19H2,1-6H3/q+1/t21-/m0/s1. The van der Waals surface area contributed by atoms with Crippen molar-refractivity contribution in [2.75, 3.05) is 47.5 Å². The molecule has 0 aliphatic heterocycles. The van der Waals surface area contributed by atoms with Crippen molar-refractivity contribution in [3.05, 3.63) is 0 Å². The highest BCUT2D eigenvalue weighted by Gasteiger charge is 2.26. The zero-order valence-electron chi connectivity index (χ0n) is 23.4. The number of likely N-dealkylation sites (N-methyl/N-ethyl adjacent to an activating group) is 1. The topological polar surface area (TPSA) is 132 Å². The number of carbonyl (C=O) groups is 5. The lowest BCUT2D eigenvalue weighted by molar-refractivity contribution is -0.873. The van der Waals surface area contributed by atoms with E-state index in [-0.39, 0.29) is 32.5 Å². The number of rotatable bonds is 20. The molecule has 0 saturated carbocycles. The van der Waals surface area contributed by atoms with Crippen molar-refractivity contribution in [2.45, 2.75) is 90.8 Å². The number of nitrogens with zero attached hydrogens (tertiary/aromatic N) is 1. The van der Waals surface area contributed by atoms with Crippen LogP contribution in [0, 0.1) is 0 Å². The van der Waals surface area contributed by atoms with Crippen LogP contribution in [0.5, 0.6) is 0 Å². The molecule has 0 rings (SSSR count). The minimum absolute atomic E-state index is 0.226. The van der Waals surface area contributed by atoms with Crippen LogP contribution in [0.25, 0.3) is 0 Å². The van der Waals surface area contributed by atoms with E-state index in [1.807, 2.05) is 35.0 Å². The van der Waals surface area contributed by atoms with Gasteiger partial charge in [0.2, 0.25) is 0 Å². The normalized spacial score (nSPS) is 12.0. The van der Waals surface area contributed by atoms with Crippen molar-refractivity contribution in [1.82, 2.24) is 0 Å². The molecule has 214 valence electrons. The van der Waals surface area contributed by atoms with Gasteiger partial charge < -0.3 is 28.2 Å². The molecule has 0 N–H and O–H groups in total. The Morgan fingerprint density at radius 1 is 0.649 bits per heavy atom. The van der Waals surface area contributed by atoms with E-state index >= 15 is 0 Å². The minimum atomic E-state index is -1.04. The lowest BCUT2D eigenvalue weighted by atomic mass is 10.2. The Morgan fingerprint density at radius 2 is 1.16 bits per heavy atom. The Hall–Kier alpha value is -2.69. The van der Waals surface area contributed by atoms with Gasteiger partial charge in [0.05, 0.1) is 27.6 Å². The van der Waals surface area contributed by atoms with Crippen LogP contribution >= 0.6 is 0 Å². The Morgan fingerprint density at radius 3 is 1.59 bits per heavy atom. The van der Waals surface area contributed by atoms with Gasteiger partial charge in [-0.1, -0.05) is 39.5 Å². The molecule has 11 nitrogen and oxygen atoms in total. The van der Waals surface area contributed by atoms with Gasteiger partial charge in [-0.25, -0.2) is 4.79 Å². The molecule has 0 spiro atoms. The fourth-order valence-corrected chi connectivity index (χ4v) is 3.26. The fourth-order valence-electron chi connectivity index (χ4n) is 3.26. The second kappa shape index (κ2) is 19.4. The summed E-state index contributed by atoms with van der Waals surface area (Å²) in [5.41, 5.74) is 0. The first-order chi connectivity index (χ1) is 17.4. The predicted molar refractivity (Wildman–Crippen MR) is 134 cm³/mol. The van der Waals surface area contributed by atoms with E-state index < -0.39 is 48.7 Å². The van der Waals surface area contributed by atoms with E-state index in [1.165, 1.54) is 6.92 Å². The average Bonchev–Trinajstić information content (AvgIpc) is 2.78. The maximum Gasteiger partial charge on any atom is 0.344 e. The van der Waals surface area contributed by atoms with Crippen LogP contribution in [0.15, 0.2) is 0 Å². The molecule has 0 aromatic heterocycles. The van der Waals surface area contributed by atoms with Crippen molar-refractivity contribution >= 4 is 29.8 Å². The molecule has 0 aromatic rings. The molecule has 0 bridgehead atoms. The van der Waals surface area contributed by atoms with Gasteiger partial charge in [0.1, 0.15) is 19.8 Å². The third kappa shape index (κ3) is 21.1. The van der Waals surface area contributed by atoms with E-state index in [4.69, 9.17) is 23.7 Å². The first kappa shape index (κ1) is 34.3. The maximum absolute atomic E-state index is 12.3. The number of quaternary nitrogens is 1. The maximum atomic E-state index is 12.3. The minimum Gasteiger partial charge on any atom is -0.462 e. The van der Waals surface area contributed by atoms with Crippen LogP contribution < -0.4 is 0 Å². The second-order valence-electron chi connectivity index (χ2n) is 9.96. The number of carbonyl (C=O) groups excluding carboxylic acids is 5. The lowest BCUT2D eigenvalue weighted by Gasteiger charge is -2.28. The fraction of sp³-hybridized carbons (Fsp3) is 0.808. The molecule has 0 radical (unpaired) electrons. The number of ether oxygens (including phenoxy) is 5. The molecule has 0 saturated heterocycles. The molecule has 0 heterocycles. The van der Waals surface area contributed by atoms with Crippen molar-refractivity contribution < 1.29 is 52.1 Å². The summed E-state index contributed by atoms with van der Waals surface area (Å²) in [4.78, 5) is 59.7. The van der Waals surface area contributed by atoms with E-state index in [0.29, 0.717) is 23.9 Å². The summed E-state index contributed by atoms with van der Waals surface area (Å²) in [6, 6.07) is 0. The average molecular weight is 533 g/mol. The molecule has 0 aromatic carbocycles. The highest BCUT2D eigenvalue weighted by atomic mass is 16.6. The van der Waals surface area contributed by atoms with Gasteiger partial charge in [-0.2, -0.15) is 0 Å². The molecular formula is C26H46NO10+. The Kier molecular flexibility index (Phi) is 18.0. The zero-order chi connectivity index (χ0) is 28.3. The van der Waals surface area contributed by atoms with E-state index in [2.05, 4.69) is 0 Å². The molecule has 0 aliphatic carbocycles. The van der Waals surface area contributed by atoms with Crippen molar-refractivity contribution in [2.24, 2.45) is 0 Å². The van der Waals surface area contributed by atoms with Gasteiger partial charge in [-0.05, 0) is 12.8 Å². The van der Waals surface area contributed by atoms with Gasteiger partial charge in [-0.3, -0.25) is 19.2 Å². The Bertz CT molecular complexity index is 691. The quantitative estimate of drug-likeness (QED) is 0.0998. The Labute approximate surface area is 220 Å². The summed E-state index contributed by atoms with van der Waals surface area (Å²) < 4.78 is 26.2. The number of hydrogen-bond donors (Lipinski definition) is 0. The van der Waals surface area contributed by atoms with Crippen LogP contribution in [0.2, 0.25) is 0 Å². The third-order valence-corrected chi connectivity index (χ3v) is 4.96. The summed E-state index contributed by atoms with van der Waals surface area (Å²) >= 11 is 0. The molecule has 0 unspecified atom stereocenters. The summed E-state index contributed by atoms with van der Waals surface area (Å²) in [7, 11) is 5.64. The highest BCUT2D eigenvalue weighted by molar-refractivity contribution is 5.77. The van der Waals surface area contributed by atoms with Crippen molar-refractivity contribution in [3.63, 3.8) is 0 Å². The van der Waals surface area contributed by atoms with Crippen LogP contribution in [0.1, 0.15) is 78.6 Å². The van der Waals surface area contributed by atoms with Crippen LogP contribution in [0.3, 0.4) is 0 Å². The van der Waals surface area contributed by atoms with E-state index in [9.17, 15) is 24.0 Å². The predicted octanol–water partition coefficient (Wildman–Crippen LogP) is 2.72. The van der Waals surface area contributed by atoms with Crippen molar-refractivity contribution in [1.29, 1.82) is 0 Å². The largest absolute Gasteiger partial charge is 0.462 e. The van der Waals surface area contributed by atoms with Crippen LogP contribution in [0.4, 0.5) is 0 Å². The summed E-state index contributed by atoms with van der Waals surface area (Å²) in [5.74, 6) is -3.04. The molecule has 0 amide bonds. The third-order valence-electron chi connectivity index (χ3n) is 4.96. The van der Waals surface area contributed by atoms with Crippen LogP contribution in [-0.2, 0) is 47.7 Å². The zero-order valence-corrected chi connectivity index (χ0v) is 23.4. The molecular weight excluding hydrogens is 486 g/mol. The molecule has 0 fully saturated rings. The van der Waals surface area contributed by atoms with E-state index in [0.717, 1.165) is 25.7 Å². The van der Waals surface area contributed by atoms with Gasteiger partial charge in [0.25, 0.3) is 0 Å². The number of esters is 5. The highest BCUT2D eigenvalue weighted by Crippen LogP contribution is 2.08. The molecule has 1 atom stereocenters. The summed E-state index contributed by atoms with van der Waals surface area (Å²) in [6.45, 7) is 4.38. The van der Waals surface area contributed by atoms with Gasteiger partial charge in [-0.15, -0.1) is 0 Å². The SMILES string of the molecule is CCCCCC(=O)OCC(COC(=O)CCCCC)OC(=O)COC(=O)C[C@@H](C[N+](C)(C)C)OC(C)=O. The molecule has 37 heavy (non-hydrogen) atoms. The summed E-state index contributed by atoms with van der Waals surface area (Å²) in [6.07, 6.45) is 3.55. The first-order valence-electron chi connectivity index (χ1n) is 13.0. The lowest BCUT2D eigenvalue weighted by Crippen LogP contribution is -2.43. The van der Waals surface area contributed by atoms with Crippen LogP contribution in [-0.4, -0.2) is 94.0 Å². The monoisotopic (exact) mass is 532 g/mol. The summed E-state index contributed by atoms with van der Waals surface area (Å²) in [5, 5.41) is 0. The van der Waals surface area contributed by atoms with E-state index in [1.54, 1.807) is 0 Å². The van der Waals surface area contributed by atoms with Crippen molar-refractivity contribution in [3.8, 4) is 0 Å². The molecule has 11 heteroatoms. The van der Waals surface area contributed by atoms with Gasteiger partial charge >= 0.3 is 29.8 Å². The first-order valence-corrected chi connectivity index (χ1v) is 13.0. The van der Waals surface area contributed by atoms with Gasteiger partial charge in [0, 0.05) is 19.8 Å². The smallest absolute Gasteiger partial charge is 0.344 e. The van der Waals surface area contributed by atoms with Gasteiger partial charge in [0.15, 0.2) is 18.8 Å².